The number of nitrogens with two attached hydrogens (primary N) is 2. The maximum atomic E-state index is 5.86. The van der Waals surface area contributed by atoms with Gasteiger partial charge in [0.1, 0.15) is 0 Å². The van der Waals surface area contributed by atoms with Crippen LogP contribution in [-0.4, -0.2) is 13.2 Å². The highest BCUT2D eigenvalue weighted by Gasteiger charge is 1.99. The number of benzene rings is 2. The molecule has 0 aliphatic rings. The molecule has 0 unspecified atom stereocenters. The zero-order valence-corrected chi connectivity index (χ0v) is 11.6. The molecule has 102 valence electrons. The molecule has 0 spiro atoms. The van der Waals surface area contributed by atoms with Crippen molar-refractivity contribution in [3.8, 4) is 11.1 Å². The molecular weight excluding hydrogens is 236 g/mol. The predicted octanol–water partition coefficient (Wildman–Crippen LogP) is 3.56. The Hall–Kier alpha value is -2.00. The molecule has 2 aromatic carbocycles. The Bertz CT molecular complexity index is 478. The molecule has 4 N–H and O–H groups in total. The second-order valence-electron chi connectivity index (χ2n) is 3.99. The Morgan fingerprint density at radius 1 is 0.842 bits per heavy atom. The maximum Gasteiger partial charge on any atom is 0.0437 e. The molecule has 0 aliphatic carbocycles. The average Bonchev–Trinajstić information content (AvgIpc) is 2.42. The van der Waals surface area contributed by atoms with Gasteiger partial charge in [0.2, 0.25) is 0 Å². The maximum absolute atomic E-state index is 5.86. The minimum atomic E-state index is 0.767. The molecule has 0 heterocycles. The van der Waals surface area contributed by atoms with Crippen molar-refractivity contribution < 1.29 is 4.74 Å². The summed E-state index contributed by atoms with van der Waals surface area (Å²) in [4.78, 5) is 0. The van der Waals surface area contributed by atoms with Crippen LogP contribution in [0.2, 0.25) is 0 Å². The van der Waals surface area contributed by atoms with Gasteiger partial charge < -0.3 is 16.2 Å². The van der Waals surface area contributed by atoms with Crippen molar-refractivity contribution >= 4 is 11.4 Å². The first kappa shape index (κ1) is 15.1. The van der Waals surface area contributed by atoms with Crippen LogP contribution in [0.25, 0.3) is 11.1 Å². The van der Waals surface area contributed by atoms with E-state index >= 15 is 0 Å². The third-order valence-corrected chi connectivity index (χ3v) is 2.59. The second kappa shape index (κ2) is 8.16. The fourth-order valence-electron chi connectivity index (χ4n) is 1.63. The van der Waals surface area contributed by atoms with Gasteiger partial charge in [-0.3, -0.25) is 0 Å². The molecule has 0 fully saturated rings. The summed E-state index contributed by atoms with van der Waals surface area (Å²) in [7, 11) is 0. The van der Waals surface area contributed by atoms with Gasteiger partial charge in [0, 0.05) is 30.2 Å². The van der Waals surface area contributed by atoms with Crippen molar-refractivity contribution in [2.45, 2.75) is 13.8 Å². The molecule has 0 atom stereocenters. The lowest BCUT2D eigenvalue weighted by molar-refractivity contribution is 0.162. The molecule has 0 saturated heterocycles. The third-order valence-electron chi connectivity index (χ3n) is 2.59. The molecule has 0 saturated carbocycles. The van der Waals surface area contributed by atoms with Crippen LogP contribution in [0, 0.1) is 0 Å². The molecule has 0 amide bonds. The Kier molecular flexibility index (Phi) is 6.47. The smallest absolute Gasteiger partial charge is 0.0437 e. The fraction of sp³-hybridized carbons (Fsp3) is 0.250. The second-order valence-corrected chi connectivity index (χ2v) is 3.99. The van der Waals surface area contributed by atoms with Crippen molar-refractivity contribution in [3.63, 3.8) is 0 Å². The number of rotatable bonds is 3. The van der Waals surface area contributed by atoms with Gasteiger partial charge in [-0.25, -0.2) is 0 Å². The summed E-state index contributed by atoms with van der Waals surface area (Å²) in [6.45, 7) is 5.67. The van der Waals surface area contributed by atoms with Gasteiger partial charge in [-0.05, 0) is 37.6 Å². The van der Waals surface area contributed by atoms with E-state index < -0.39 is 0 Å². The Morgan fingerprint density at radius 2 is 1.42 bits per heavy atom. The van der Waals surface area contributed by atoms with Crippen molar-refractivity contribution in [1.29, 1.82) is 0 Å². The van der Waals surface area contributed by atoms with Gasteiger partial charge in [-0.15, -0.1) is 0 Å². The molecule has 3 heteroatoms. The van der Waals surface area contributed by atoms with Gasteiger partial charge in [0.25, 0.3) is 0 Å². The van der Waals surface area contributed by atoms with Gasteiger partial charge in [0.05, 0.1) is 0 Å². The summed E-state index contributed by atoms with van der Waals surface area (Å²) < 4.78 is 4.83. The standard InChI is InChI=1S/C12H12N2.C4H10O/c13-10-7-5-9(6-8-10)11-3-1-2-4-12(11)14;1-3-5-4-2/h1-8H,13-14H2;3-4H2,1-2H3. The van der Waals surface area contributed by atoms with E-state index in [-0.39, 0.29) is 0 Å². The van der Waals surface area contributed by atoms with E-state index in [2.05, 4.69) is 0 Å². The van der Waals surface area contributed by atoms with Crippen LogP contribution in [0.5, 0.6) is 0 Å². The summed E-state index contributed by atoms with van der Waals surface area (Å²) in [6.07, 6.45) is 0. The molecule has 0 aromatic heterocycles. The molecule has 2 aromatic rings. The zero-order chi connectivity index (χ0) is 14.1. The van der Waals surface area contributed by atoms with E-state index in [0.29, 0.717) is 0 Å². The van der Waals surface area contributed by atoms with Gasteiger partial charge in [-0.2, -0.15) is 0 Å². The number of hydrogen-bond donors (Lipinski definition) is 2. The van der Waals surface area contributed by atoms with Gasteiger partial charge in [-0.1, -0.05) is 30.3 Å². The highest BCUT2D eigenvalue weighted by Crippen LogP contribution is 2.25. The number of ether oxygens (including phenoxy) is 1. The zero-order valence-electron chi connectivity index (χ0n) is 11.6. The largest absolute Gasteiger partial charge is 0.399 e. The van der Waals surface area contributed by atoms with Gasteiger partial charge >= 0.3 is 0 Å². The lowest BCUT2D eigenvalue weighted by atomic mass is 10.0. The topological polar surface area (TPSA) is 61.3 Å². The molecule has 0 bridgehead atoms. The van der Waals surface area contributed by atoms with Crippen LogP contribution >= 0.6 is 0 Å². The third kappa shape index (κ3) is 5.02. The Balaban J connectivity index is 0.000000312. The van der Waals surface area contributed by atoms with Crippen LogP contribution in [0.15, 0.2) is 48.5 Å². The molecule has 2 rings (SSSR count). The number of nitrogen functional groups attached to an aromatic ring is 2. The van der Waals surface area contributed by atoms with E-state index in [4.69, 9.17) is 16.2 Å². The van der Waals surface area contributed by atoms with Crippen LogP contribution in [0.3, 0.4) is 0 Å². The van der Waals surface area contributed by atoms with Crippen molar-refractivity contribution in [3.05, 3.63) is 48.5 Å². The summed E-state index contributed by atoms with van der Waals surface area (Å²) in [5.74, 6) is 0. The summed E-state index contributed by atoms with van der Waals surface area (Å²) in [6, 6.07) is 15.5. The van der Waals surface area contributed by atoms with Crippen LogP contribution in [-0.2, 0) is 4.74 Å². The highest BCUT2D eigenvalue weighted by molar-refractivity contribution is 5.76. The quantitative estimate of drug-likeness (QED) is 0.827. The Labute approximate surface area is 115 Å². The van der Waals surface area contributed by atoms with Crippen molar-refractivity contribution in [2.75, 3.05) is 24.7 Å². The molecule has 3 nitrogen and oxygen atoms in total. The summed E-state index contributed by atoms with van der Waals surface area (Å²) >= 11 is 0. The number of anilines is 2. The molecule has 0 aliphatic heterocycles. The van der Waals surface area contributed by atoms with Crippen LogP contribution in [0.1, 0.15) is 13.8 Å². The van der Waals surface area contributed by atoms with Crippen molar-refractivity contribution in [1.82, 2.24) is 0 Å². The monoisotopic (exact) mass is 258 g/mol. The number of hydrogen-bond acceptors (Lipinski definition) is 3. The van der Waals surface area contributed by atoms with Gasteiger partial charge in [0.15, 0.2) is 0 Å². The normalized spacial score (nSPS) is 9.58. The van der Waals surface area contributed by atoms with E-state index in [1.54, 1.807) is 0 Å². The first-order chi connectivity index (χ1) is 9.19. The Morgan fingerprint density at radius 3 is 1.89 bits per heavy atom. The van der Waals surface area contributed by atoms with E-state index in [0.717, 1.165) is 35.7 Å². The summed E-state index contributed by atoms with van der Waals surface area (Å²) in [5, 5.41) is 0. The highest BCUT2D eigenvalue weighted by atomic mass is 16.5. The minimum absolute atomic E-state index is 0.767. The van der Waals surface area contributed by atoms with E-state index in [1.165, 1.54) is 0 Å². The first-order valence-electron chi connectivity index (χ1n) is 6.47. The van der Waals surface area contributed by atoms with E-state index in [9.17, 15) is 0 Å². The summed E-state index contributed by atoms with van der Waals surface area (Å²) in [5.41, 5.74) is 15.2. The molecule has 19 heavy (non-hydrogen) atoms. The lowest BCUT2D eigenvalue weighted by Gasteiger charge is -2.05. The first-order valence-corrected chi connectivity index (χ1v) is 6.47. The predicted molar refractivity (Wildman–Crippen MR) is 82.9 cm³/mol. The molecule has 0 radical (unpaired) electrons. The fourth-order valence-corrected chi connectivity index (χ4v) is 1.63. The van der Waals surface area contributed by atoms with Crippen molar-refractivity contribution in [2.24, 2.45) is 0 Å². The minimum Gasteiger partial charge on any atom is -0.399 e. The lowest BCUT2D eigenvalue weighted by Crippen LogP contribution is -1.89. The SMILES string of the molecule is CCOCC.Nc1ccc(-c2ccccc2N)cc1. The average molecular weight is 258 g/mol. The van der Waals surface area contributed by atoms with Crippen LogP contribution in [0.4, 0.5) is 11.4 Å². The van der Waals surface area contributed by atoms with Crippen LogP contribution < -0.4 is 11.5 Å². The molecular formula is C16H22N2O. The number of para-hydroxylation sites is 1. The van der Waals surface area contributed by atoms with E-state index in [1.807, 2.05) is 62.4 Å².